The van der Waals surface area contributed by atoms with E-state index in [1.807, 2.05) is 16.4 Å². The Morgan fingerprint density at radius 3 is 2.52 bits per heavy atom. The molecule has 31 heavy (non-hydrogen) atoms. The van der Waals surface area contributed by atoms with E-state index in [9.17, 15) is 9.59 Å². The van der Waals surface area contributed by atoms with Crippen LogP contribution >= 0.6 is 0 Å². The Labute approximate surface area is 181 Å². The number of piperidine rings is 1. The molecule has 9 heteroatoms. The van der Waals surface area contributed by atoms with Gasteiger partial charge in [-0.25, -0.2) is 0 Å². The summed E-state index contributed by atoms with van der Waals surface area (Å²) in [7, 11) is 1.63. The lowest BCUT2D eigenvalue weighted by Gasteiger charge is -2.32. The molecule has 2 aliphatic heterocycles. The summed E-state index contributed by atoms with van der Waals surface area (Å²) < 4.78 is 12.9. The third kappa shape index (κ3) is 4.71. The Hall–Kier alpha value is -2.94. The van der Waals surface area contributed by atoms with Crippen LogP contribution in [0.25, 0.3) is 0 Å². The number of carbonyl (C=O) groups excluding carboxylic acids is 2. The van der Waals surface area contributed by atoms with Crippen molar-refractivity contribution in [3.05, 3.63) is 41.5 Å². The highest BCUT2D eigenvalue weighted by molar-refractivity contribution is 5.94. The van der Waals surface area contributed by atoms with Gasteiger partial charge in [-0.1, -0.05) is 0 Å². The quantitative estimate of drug-likeness (QED) is 0.701. The molecule has 1 saturated heterocycles. The van der Waals surface area contributed by atoms with Crippen molar-refractivity contribution in [2.75, 3.05) is 33.4 Å². The van der Waals surface area contributed by atoms with E-state index in [4.69, 9.17) is 9.47 Å². The topological polar surface area (TPSA) is 89.8 Å². The van der Waals surface area contributed by atoms with Gasteiger partial charge in [0.1, 0.15) is 12.4 Å². The average molecular weight is 428 g/mol. The minimum Gasteiger partial charge on any atom is -0.484 e. The van der Waals surface area contributed by atoms with Crippen molar-refractivity contribution in [3.8, 4) is 5.75 Å². The summed E-state index contributed by atoms with van der Waals surface area (Å²) in [4.78, 5) is 28.9. The van der Waals surface area contributed by atoms with Gasteiger partial charge in [0, 0.05) is 32.3 Å². The van der Waals surface area contributed by atoms with Crippen LogP contribution in [0, 0.1) is 0 Å². The standard InChI is InChI=1S/C22H29N5O4/c1-16-12-26(13-19-23-24-20(14-30-2)27(16)19)22(29)17-6-8-18(9-7-17)31-15-21(28)25-10-4-3-5-11-25/h6-9,16H,3-5,10-15H2,1-2H3/t16-/m0/s1. The van der Waals surface area contributed by atoms with Crippen molar-refractivity contribution in [1.29, 1.82) is 0 Å². The van der Waals surface area contributed by atoms with Crippen molar-refractivity contribution in [1.82, 2.24) is 24.6 Å². The second-order valence-corrected chi connectivity index (χ2v) is 8.12. The molecular weight excluding hydrogens is 398 g/mol. The predicted octanol–water partition coefficient (Wildman–Crippen LogP) is 2.03. The van der Waals surface area contributed by atoms with Crippen LogP contribution in [0.2, 0.25) is 0 Å². The van der Waals surface area contributed by atoms with Gasteiger partial charge in [0.25, 0.3) is 11.8 Å². The first-order valence-corrected chi connectivity index (χ1v) is 10.8. The molecule has 9 nitrogen and oxygen atoms in total. The third-order valence-electron chi connectivity index (χ3n) is 5.83. The van der Waals surface area contributed by atoms with Crippen molar-refractivity contribution < 1.29 is 19.1 Å². The van der Waals surface area contributed by atoms with E-state index in [-0.39, 0.29) is 24.5 Å². The number of aromatic nitrogens is 3. The van der Waals surface area contributed by atoms with Crippen molar-refractivity contribution >= 4 is 11.8 Å². The zero-order valence-electron chi connectivity index (χ0n) is 18.1. The maximum absolute atomic E-state index is 13.0. The number of benzene rings is 1. The van der Waals surface area contributed by atoms with Crippen LogP contribution in [0.4, 0.5) is 0 Å². The first-order valence-electron chi connectivity index (χ1n) is 10.8. The second kappa shape index (κ2) is 9.47. The molecule has 3 heterocycles. The van der Waals surface area contributed by atoms with Gasteiger partial charge in [-0.2, -0.15) is 0 Å². The maximum atomic E-state index is 13.0. The van der Waals surface area contributed by atoms with Crippen LogP contribution < -0.4 is 4.74 Å². The van der Waals surface area contributed by atoms with Gasteiger partial charge in [-0.05, 0) is 50.5 Å². The molecule has 2 aliphatic rings. The molecule has 166 valence electrons. The molecular formula is C22H29N5O4. The monoisotopic (exact) mass is 427 g/mol. The van der Waals surface area contributed by atoms with Gasteiger partial charge in [-0.3, -0.25) is 9.59 Å². The second-order valence-electron chi connectivity index (χ2n) is 8.12. The van der Waals surface area contributed by atoms with Crippen LogP contribution in [0.15, 0.2) is 24.3 Å². The molecule has 0 spiro atoms. The van der Waals surface area contributed by atoms with Gasteiger partial charge in [0.05, 0.1) is 12.6 Å². The van der Waals surface area contributed by atoms with Crippen LogP contribution in [0.1, 0.15) is 54.2 Å². The molecule has 0 saturated carbocycles. The number of rotatable bonds is 6. The molecule has 2 amide bonds. The van der Waals surface area contributed by atoms with Gasteiger partial charge in [0.15, 0.2) is 18.3 Å². The molecule has 0 bridgehead atoms. The smallest absolute Gasteiger partial charge is 0.260 e. The van der Waals surface area contributed by atoms with Gasteiger partial charge < -0.3 is 23.8 Å². The fraction of sp³-hybridized carbons (Fsp3) is 0.545. The minimum absolute atomic E-state index is 0.0131. The van der Waals surface area contributed by atoms with E-state index in [1.165, 1.54) is 6.42 Å². The number of methoxy groups -OCH3 is 1. The number of carbonyl (C=O) groups is 2. The number of amides is 2. The van der Waals surface area contributed by atoms with Gasteiger partial charge >= 0.3 is 0 Å². The minimum atomic E-state index is -0.0645. The van der Waals surface area contributed by atoms with Crippen LogP contribution in [0.5, 0.6) is 5.75 Å². The predicted molar refractivity (Wildman–Crippen MR) is 113 cm³/mol. The van der Waals surface area contributed by atoms with Crippen molar-refractivity contribution in [2.45, 2.75) is 45.4 Å². The zero-order valence-corrected chi connectivity index (χ0v) is 18.1. The number of ether oxygens (including phenoxy) is 2. The average Bonchev–Trinajstić information content (AvgIpc) is 3.21. The highest BCUT2D eigenvalue weighted by Crippen LogP contribution is 2.24. The van der Waals surface area contributed by atoms with Crippen LogP contribution in [-0.4, -0.2) is 69.7 Å². The number of hydrogen-bond acceptors (Lipinski definition) is 6. The summed E-state index contributed by atoms with van der Waals surface area (Å²) in [5.41, 5.74) is 0.576. The van der Waals surface area contributed by atoms with Crippen molar-refractivity contribution in [2.24, 2.45) is 0 Å². The molecule has 1 atom stereocenters. The van der Waals surface area contributed by atoms with Crippen LogP contribution in [0.3, 0.4) is 0 Å². The highest BCUT2D eigenvalue weighted by atomic mass is 16.5. The maximum Gasteiger partial charge on any atom is 0.260 e. The van der Waals surface area contributed by atoms with E-state index in [0.29, 0.717) is 31.0 Å². The molecule has 0 aliphatic carbocycles. The first-order chi connectivity index (χ1) is 15.1. The van der Waals surface area contributed by atoms with E-state index in [0.717, 1.165) is 37.6 Å². The fourth-order valence-electron chi connectivity index (χ4n) is 4.25. The summed E-state index contributed by atoms with van der Waals surface area (Å²) in [6.45, 7) is 5.06. The molecule has 1 fully saturated rings. The van der Waals surface area contributed by atoms with Gasteiger partial charge in [-0.15, -0.1) is 10.2 Å². The van der Waals surface area contributed by atoms with E-state index >= 15 is 0 Å². The summed E-state index contributed by atoms with van der Waals surface area (Å²) in [5, 5.41) is 8.42. The van der Waals surface area contributed by atoms with Crippen LogP contribution in [-0.2, 0) is 22.7 Å². The Morgan fingerprint density at radius 1 is 1.06 bits per heavy atom. The fourth-order valence-corrected chi connectivity index (χ4v) is 4.25. The molecule has 0 unspecified atom stereocenters. The highest BCUT2D eigenvalue weighted by Gasteiger charge is 2.29. The Balaban J connectivity index is 1.35. The lowest BCUT2D eigenvalue weighted by atomic mass is 10.1. The van der Waals surface area contributed by atoms with Gasteiger partial charge in [0.2, 0.25) is 0 Å². The Morgan fingerprint density at radius 2 is 1.81 bits per heavy atom. The Bertz CT molecular complexity index is 920. The lowest BCUT2D eigenvalue weighted by Crippen LogP contribution is -2.40. The van der Waals surface area contributed by atoms with Crippen molar-refractivity contribution in [3.63, 3.8) is 0 Å². The summed E-state index contributed by atoms with van der Waals surface area (Å²) in [5.74, 6) is 2.07. The molecule has 0 N–H and O–H groups in total. The van der Waals surface area contributed by atoms with E-state index in [2.05, 4.69) is 10.2 Å². The first kappa shape index (κ1) is 21.3. The molecule has 2 aromatic rings. The zero-order chi connectivity index (χ0) is 21.8. The Kier molecular flexibility index (Phi) is 6.50. The number of nitrogens with zero attached hydrogens (tertiary/aromatic N) is 5. The SMILES string of the molecule is COCc1nnc2n1[C@@H](C)CN(C(=O)c1ccc(OCC(=O)N3CCCCC3)cc1)C2. The number of likely N-dealkylation sites (tertiary alicyclic amines) is 1. The van der Waals surface area contributed by atoms with E-state index < -0.39 is 0 Å². The molecule has 0 radical (unpaired) electrons. The normalized spacial score (nSPS) is 18.6. The number of fused-ring (bicyclic) bond motifs is 1. The molecule has 4 rings (SSSR count). The van der Waals surface area contributed by atoms with E-state index in [1.54, 1.807) is 36.3 Å². The lowest BCUT2D eigenvalue weighted by molar-refractivity contribution is -0.134. The molecule has 1 aromatic carbocycles. The number of hydrogen-bond donors (Lipinski definition) is 0. The summed E-state index contributed by atoms with van der Waals surface area (Å²) in [6, 6.07) is 7.02. The molecule has 1 aromatic heterocycles. The summed E-state index contributed by atoms with van der Waals surface area (Å²) in [6.07, 6.45) is 3.30. The summed E-state index contributed by atoms with van der Waals surface area (Å²) >= 11 is 0. The largest absolute Gasteiger partial charge is 0.484 e. The third-order valence-corrected chi connectivity index (χ3v) is 5.83.